The number of fused-ring (bicyclic) bond motifs is 1. The monoisotopic (exact) mass is 594 g/mol. The maximum Gasteiger partial charge on any atom is 0.418 e. The van der Waals surface area contributed by atoms with Gasteiger partial charge in [-0.25, -0.2) is 18.4 Å². The van der Waals surface area contributed by atoms with Gasteiger partial charge in [0.1, 0.15) is 5.60 Å². The topological polar surface area (TPSA) is 60.8 Å². The number of piperidine rings is 1. The van der Waals surface area contributed by atoms with Gasteiger partial charge >= 0.3 is 12.1 Å². The minimum Gasteiger partial charge on any atom is -0.465 e. The number of benzene rings is 2. The highest BCUT2D eigenvalue weighted by molar-refractivity contribution is 7.10. The maximum absolute atomic E-state index is 13.3. The summed E-state index contributed by atoms with van der Waals surface area (Å²) in [4.78, 5) is 27.5. The van der Waals surface area contributed by atoms with Crippen LogP contribution in [0.4, 0.5) is 13.6 Å². The first kappa shape index (κ1) is 29.9. The normalized spacial score (nSPS) is 18.0. The summed E-state index contributed by atoms with van der Waals surface area (Å²) in [6.07, 6.45) is 0.472. The summed E-state index contributed by atoms with van der Waals surface area (Å²) in [6.45, 7) is 8.92. The van der Waals surface area contributed by atoms with Gasteiger partial charge in [0.2, 0.25) is 0 Å². The van der Waals surface area contributed by atoms with Gasteiger partial charge in [0, 0.05) is 24.2 Å². The van der Waals surface area contributed by atoms with Crippen LogP contribution in [0.25, 0.3) is 10.9 Å². The molecule has 0 bridgehead atoms. The van der Waals surface area contributed by atoms with Crippen LogP contribution in [0.15, 0.2) is 60.1 Å². The van der Waals surface area contributed by atoms with Crippen molar-refractivity contribution in [1.29, 1.82) is 0 Å². The van der Waals surface area contributed by atoms with Crippen molar-refractivity contribution < 1.29 is 27.8 Å². The van der Waals surface area contributed by atoms with Gasteiger partial charge in [-0.2, -0.15) is 0 Å². The number of nitrogens with zero attached hydrogens (tertiary/aromatic N) is 2. The summed E-state index contributed by atoms with van der Waals surface area (Å²) in [5.74, 6) is -0.254. The Kier molecular flexibility index (Phi) is 8.53. The molecular weight excluding hydrogens is 558 g/mol. The molecule has 0 saturated carbocycles. The van der Waals surface area contributed by atoms with Crippen LogP contribution in [0, 0.1) is 6.92 Å². The number of hydrogen-bond donors (Lipinski definition) is 0. The summed E-state index contributed by atoms with van der Waals surface area (Å²) < 4.78 is 38.8. The number of alkyl halides is 2. The lowest BCUT2D eigenvalue weighted by atomic mass is 9.83. The van der Waals surface area contributed by atoms with Crippen LogP contribution >= 0.6 is 11.3 Å². The Bertz CT molecular complexity index is 1590. The largest absolute Gasteiger partial charge is 0.465 e. The minimum absolute atomic E-state index is 0.00496. The molecule has 0 amide bonds. The number of ether oxygens (including phenoxy) is 2. The SMILES string of the molecule is COC(=O)c1ccc(C2CC(c3csc(C(F)F)c3)CCN2Cc2ccc(C)c3c2ccn3C(=O)OC(C)(C)C)cc1. The molecule has 42 heavy (non-hydrogen) atoms. The van der Waals surface area contributed by atoms with Gasteiger partial charge < -0.3 is 9.47 Å². The fourth-order valence-electron chi connectivity index (χ4n) is 5.82. The third-order valence-corrected chi connectivity index (χ3v) is 8.82. The Balaban J connectivity index is 1.47. The van der Waals surface area contributed by atoms with Gasteiger partial charge in [0.05, 0.1) is 23.1 Å². The molecule has 0 aliphatic carbocycles. The molecule has 222 valence electrons. The quantitative estimate of drug-likeness (QED) is 0.209. The average Bonchev–Trinajstić information content (AvgIpc) is 3.63. The average molecular weight is 595 g/mol. The number of aryl methyl sites for hydroxylation is 1. The fraction of sp³-hybridized carbons (Fsp3) is 0.394. The zero-order valence-corrected chi connectivity index (χ0v) is 25.3. The lowest BCUT2D eigenvalue weighted by molar-refractivity contribution is 0.0542. The first-order chi connectivity index (χ1) is 19.9. The lowest BCUT2D eigenvalue weighted by Crippen LogP contribution is -2.35. The van der Waals surface area contributed by atoms with Gasteiger partial charge in [0.25, 0.3) is 6.43 Å². The molecule has 2 atom stereocenters. The molecule has 5 rings (SSSR count). The molecule has 1 aliphatic rings. The van der Waals surface area contributed by atoms with E-state index in [0.717, 1.165) is 63.9 Å². The highest BCUT2D eigenvalue weighted by Crippen LogP contribution is 2.43. The van der Waals surface area contributed by atoms with E-state index in [1.54, 1.807) is 29.0 Å². The van der Waals surface area contributed by atoms with Crippen molar-refractivity contribution in [3.63, 3.8) is 0 Å². The van der Waals surface area contributed by atoms with E-state index in [2.05, 4.69) is 11.0 Å². The van der Waals surface area contributed by atoms with Crippen LogP contribution in [-0.4, -0.2) is 40.8 Å². The first-order valence-corrected chi connectivity index (χ1v) is 14.9. The highest BCUT2D eigenvalue weighted by Gasteiger charge is 2.32. The van der Waals surface area contributed by atoms with E-state index in [4.69, 9.17) is 9.47 Å². The molecule has 1 fully saturated rings. The van der Waals surface area contributed by atoms with Crippen molar-refractivity contribution >= 4 is 34.3 Å². The predicted molar refractivity (Wildman–Crippen MR) is 160 cm³/mol. The van der Waals surface area contributed by atoms with Crippen LogP contribution in [0.1, 0.15) is 89.5 Å². The Morgan fingerprint density at radius 3 is 2.45 bits per heavy atom. The van der Waals surface area contributed by atoms with Crippen molar-refractivity contribution in [2.75, 3.05) is 13.7 Å². The van der Waals surface area contributed by atoms with E-state index in [9.17, 15) is 18.4 Å². The highest BCUT2D eigenvalue weighted by atomic mass is 32.1. The molecule has 0 radical (unpaired) electrons. The summed E-state index contributed by atoms with van der Waals surface area (Å²) in [6, 6.07) is 15.2. The molecule has 6 nitrogen and oxygen atoms in total. The predicted octanol–water partition coefficient (Wildman–Crippen LogP) is 8.64. The van der Waals surface area contributed by atoms with E-state index in [-0.39, 0.29) is 16.8 Å². The van der Waals surface area contributed by atoms with Crippen LogP contribution in [0.3, 0.4) is 0 Å². The van der Waals surface area contributed by atoms with E-state index in [0.29, 0.717) is 12.1 Å². The molecule has 9 heteroatoms. The number of halogens is 2. The molecular formula is C33H36F2N2O4S. The molecule has 1 saturated heterocycles. The van der Waals surface area contributed by atoms with Crippen LogP contribution < -0.4 is 0 Å². The second-order valence-electron chi connectivity index (χ2n) is 11.9. The van der Waals surface area contributed by atoms with Gasteiger partial charge in [-0.1, -0.05) is 24.3 Å². The number of likely N-dealkylation sites (tertiary alicyclic amines) is 1. The van der Waals surface area contributed by atoms with E-state index in [1.807, 2.05) is 57.3 Å². The Morgan fingerprint density at radius 2 is 1.81 bits per heavy atom. The first-order valence-electron chi connectivity index (χ1n) is 14.1. The van der Waals surface area contributed by atoms with Gasteiger partial charge in [-0.3, -0.25) is 9.47 Å². The molecule has 3 heterocycles. The summed E-state index contributed by atoms with van der Waals surface area (Å²) >= 11 is 1.11. The maximum atomic E-state index is 13.3. The van der Waals surface area contributed by atoms with Crippen LogP contribution in [0.5, 0.6) is 0 Å². The minimum atomic E-state index is -2.47. The van der Waals surface area contributed by atoms with E-state index in [1.165, 1.54) is 7.11 Å². The summed E-state index contributed by atoms with van der Waals surface area (Å²) in [5, 5.41) is 2.85. The standard InChI is InChI=1S/C33H36F2N2O4S/c1-20-6-7-24(26-13-15-37(29(20)26)32(39)41-33(2,3)4)18-36-14-12-23(25-17-28(30(34)35)42-19-25)16-27(36)21-8-10-22(11-9-21)31(38)40-5/h6-11,13,15,17,19,23,27,30H,12,14,16,18H2,1-5H3. The smallest absolute Gasteiger partial charge is 0.418 e. The van der Waals surface area contributed by atoms with Gasteiger partial charge in [-0.15, -0.1) is 11.3 Å². The van der Waals surface area contributed by atoms with Crippen LogP contribution in [-0.2, 0) is 16.0 Å². The number of esters is 1. The van der Waals surface area contributed by atoms with Gasteiger partial charge in [0.15, 0.2) is 0 Å². The number of methoxy groups -OCH3 is 1. The van der Waals surface area contributed by atoms with Crippen molar-refractivity contribution in [2.45, 2.75) is 71.1 Å². The lowest BCUT2D eigenvalue weighted by Gasteiger charge is -2.40. The number of rotatable bonds is 6. The summed E-state index contributed by atoms with van der Waals surface area (Å²) in [5.41, 5.74) is 4.76. The zero-order valence-electron chi connectivity index (χ0n) is 24.5. The molecule has 2 unspecified atom stereocenters. The Morgan fingerprint density at radius 1 is 1.07 bits per heavy atom. The second kappa shape index (κ2) is 12.0. The fourth-order valence-corrected chi connectivity index (χ4v) is 6.66. The van der Waals surface area contributed by atoms with E-state index < -0.39 is 24.1 Å². The van der Waals surface area contributed by atoms with Gasteiger partial charge in [-0.05, 0) is 105 Å². The van der Waals surface area contributed by atoms with Crippen molar-refractivity contribution in [3.8, 4) is 0 Å². The molecule has 1 aliphatic heterocycles. The number of hydrogen-bond acceptors (Lipinski definition) is 6. The Labute approximate surface area is 248 Å². The molecule has 2 aromatic heterocycles. The second-order valence-corrected chi connectivity index (χ2v) is 12.8. The zero-order chi connectivity index (χ0) is 30.2. The number of aromatic nitrogens is 1. The molecule has 0 N–H and O–H groups in total. The number of carbonyl (C=O) groups excluding carboxylic acids is 2. The number of thiophene rings is 1. The van der Waals surface area contributed by atoms with Crippen LogP contribution in [0.2, 0.25) is 0 Å². The molecule has 4 aromatic rings. The number of carbonyl (C=O) groups is 2. The third kappa shape index (κ3) is 6.27. The van der Waals surface area contributed by atoms with Crippen molar-refractivity contribution in [3.05, 3.63) is 92.8 Å². The Hall–Kier alpha value is -3.56. The molecule has 0 spiro atoms. The molecule has 2 aromatic carbocycles. The third-order valence-electron chi connectivity index (χ3n) is 7.86. The van der Waals surface area contributed by atoms with Crippen molar-refractivity contribution in [1.82, 2.24) is 9.47 Å². The van der Waals surface area contributed by atoms with E-state index >= 15 is 0 Å². The van der Waals surface area contributed by atoms with Crippen molar-refractivity contribution in [2.24, 2.45) is 0 Å². The summed E-state index contributed by atoms with van der Waals surface area (Å²) in [7, 11) is 1.36.